The molecule has 0 N–H and O–H groups in total. The summed E-state index contributed by atoms with van der Waals surface area (Å²) in [6.07, 6.45) is 0.742. The average Bonchev–Trinajstić information content (AvgIpc) is 2.43. The first-order valence-corrected chi connectivity index (χ1v) is 13.5. The first-order valence-electron chi connectivity index (χ1n) is 7.39. The summed E-state index contributed by atoms with van der Waals surface area (Å²) in [7, 11) is -1.88. The zero-order chi connectivity index (χ0) is 17.0. The number of carbonyl (C=O) groups is 1. The van der Waals surface area contributed by atoms with Gasteiger partial charge >= 0.3 is 5.97 Å². The maximum Gasteiger partial charge on any atom is 0.303 e. The lowest BCUT2D eigenvalue weighted by atomic mass is 10.2. The van der Waals surface area contributed by atoms with E-state index < -0.39 is 14.4 Å². The number of carbonyl (C=O) groups excluding carboxylic acids is 1. The average molecular weight is 359 g/mol. The molecule has 0 amide bonds. The molecule has 1 unspecified atom stereocenters. The van der Waals surface area contributed by atoms with E-state index in [9.17, 15) is 4.79 Å². The molecular weight excluding hydrogens is 331 g/mol. The maximum atomic E-state index is 11.2. The summed E-state index contributed by atoms with van der Waals surface area (Å²) < 4.78 is 11.6. The van der Waals surface area contributed by atoms with E-state index in [1.807, 2.05) is 30.3 Å². The van der Waals surface area contributed by atoms with Crippen molar-refractivity contribution in [2.45, 2.75) is 45.8 Å². The molecule has 0 aliphatic carbocycles. The number of ether oxygens (including phenoxy) is 1. The molecule has 0 bridgehead atoms. The highest BCUT2D eigenvalue weighted by Crippen LogP contribution is 2.47. The van der Waals surface area contributed by atoms with Gasteiger partial charge in [0.05, 0.1) is 6.35 Å². The fraction of sp³-hybridized carbons (Fsp3) is 0.562. The van der Waals surface area contributed by atoms with Crippen molar-refractivity contribution >= 4 is 37.4 Å². The maximum absolute atomic E-state index is 11.2. The van der Waals surface area contributed by atoms with Gasteiger partial charge in [0.2, 0.25) is 0 Å². The Kier molecular flexibility index (Phi) is 6.57. The van der Waals surface area contributed by atoms with E-state index in [0.717, 1.165) is 5.30 Å². The predicted octanol–water partition coefficient (Wildman–Crippen LogP) is 4.29. The van der Waals surface area contributed by atoms with Crippen LogP contribution in [0, 0.1) is 0 Å². The van der Waals surface area contributed by atoms with Crippen molar-refractivity contribution < 1.29 is 14.0 Å². The van der Waals surface area contributed by atoms with Gasteiger partial charge in [0, 0.05) is 13.0 Å². The van der Waals surface area contributed by atoms with E-state index in [0.29, 0.717) is 6.35 Å². The second-order valence-corrected chi connectivity index (χ2v) is 16.7. The van der Waals surface area contributed by atoms with Crippen molar-refractivity contribution in [3.8, 4) is 0 Å². The quantitative estimate of drug-likeness (QED) is 0.432. The van der Waals surface area contributed by atoms with Crippen LogP contribution in [-0.2, 0) is 25.8 Å². The highest BCUT2D eigenvalue weighted by molar-refractivity contribution is 8.18. The lowest BCUT2D eigenvalue weighted by molar-refractivity contribution is -0.138. The van der Waals surface area contributed by atoms with Crippen molar-refractivity contribution in [1.29, 1.82) is 0 Å². The van der Waals surface area contributed by atoms with E-state index in [1.165, 1.54) is 6.92 Å². The number of rotatable bonds is 6. The van der Waals surface area contributed by atoms with Gasteiger partial charge in [-0.1, -0.05) is 62.9 Å². The smallest absolute Gasteiger partial charge is 0.303 e. The lowest BCUT2D eigenvalue weighted by Crippen LogP contribution is -2.41. The molecule has 1 aromatic carbocycles. The normalized spacial score (nSPS) is 15.2. The largest absolute Gasteiger partial charge is 0.460 e. The van der Waals surface area contributed by atoms with Crippen LogP contribution in [0.25, 0.3) is 0 Å². The Morgan fingerprint density at radius 1 is 1.18 bits per heavy atom. The Bertz CT molecular complexity index is 552. The van der Waals surface area contributed by atoms with Crippen LogP contribution in [0.2, 0.25) is 18.1 Å². The zero-order valence-electron chi connectivity index (χ0n) is 14.4. The van der Waals surface area contributed by atoms with Gasteiger partial charge in [-0.25, -0.2) is 0 Å². The summed E-state index contributed by atoms with van der Waals surface area (Å²) in [4.78, 5) is 11.2. The van der Waals surface area contributed by atoms with Crippen LogP contribution >= 0.6 is 6.04 Å². The summed E-state index contributed by atoms with van der Waals surface area (Å²) in [6, 6.07) is 7.84. The molecule has 6 heteroatoms. The fourth-order valence-electron chi connectivity index (χ4n) is 1.56. The minimum absolute atomic E-state index is 0.130. The second kappa shape index (κ2) is 7.39. The SMILES string of the molecule is CC(=O)OCP(=S)(CO[Si](C)(C)C(C)(C)C)c1ccccc1. The zero-order valence-corrected chi connectivity index (χ0v) is 17.1. The van der Waals surface area contributed by atoms with Gasteiger partial charge in [-0.05, 0) is 23.4 Å². The lowest BCUT2D eigenvalue weighted by Gasteiger charge is -2.38. The van der Waals surface area contributed by atoms with E-state index >= 15 is 0 Å². The molecule has 0 aromatic heterocycles. The van der Waals surface area contributed by atoms with Crippen LogP contribution in [0.1, 0.15) is 27.7 Å². The number of benzene rings is 1. The van der Waals surface area contributed by atoms with Crippen molar-refractivity contribution in [3.63, 3.8) is 0 Å². The third-order valence-electron chi connectivity index (χ3n) is 4.14. The number of esters is 1. The van der Waals surface area contributed by atoms with Gasteiger partial charge in [-0.2, -0.15) is 0 Å². The highest BCUT2D eigenvalue weighted by atomic mass is 32.4. The molecule has 1 rings (SSSR count). The number of hydrogen-bond acceptors (Lipinski definition) is 4. The molecule has 1 aromatic rings. The molecule has 0 radical (unpaired) electrons. The summed E-state index contributed by atoms with van der Waals surface area (Å²) >= 11 is 5.91. The van der Waals surface area contributed by atoms with Crippen molar-refractivity contribution in [1.82, 2.24) is 0 Å². The van der Waals surface area contributed by atoms with E-state index in [2.05, 4.69) is 33.9 Å². The highest BCUT2D eigenvalue weighted by Gasteiger charge is 2.38. The van der Waals surface area contributed by atoms with Gasteiger partial charge in [0.25, 0.3) is 0 Å². The first-order chi connectivity index (χ1) is 9.98. The van der Waals surface area contributed by atoms with Gasteiger partial charge < -0.3 is 9.16 Å². The Hall–Kier alpha value is -0.483. The molecule has 0 saturated carbocycles. The Balaban J connectivity index is 2.98. The van der Waals surface area contributed by atoms with Crippen LogP contribution in [0.3, 0.4) is 0 Å². The predicted molar refractivity (Wildman–Crippen MR) is 100 cm³/mol. The van der Waals surface area contributed by atoms with E-state index in [1.54, 1.807) is 0 Å². The fourth-order valence-corrected chi connectivity index (χ4v) is 6.60. The van der Waals surface area contributed by atoms with Crippen LogP contribution in [-0.4, -0.2) is 27.0 Å². The summed E-state index contributed by atoms with van der Waals surface area (Å²) in [6.45, 7) is 12.5. The summed E-state index contributed by atoms with van der Waals surface area (Å²) in [5.74, 6) is -0.294. The van der Waals surface area contributed by atoms with Crippen molar-refractivity contribution in [3.05, 3.63) is 30.3 Å². The molecular formula is C16H27O3PSSi. The van der Waals surface area contributed by atoms with Crippen LogP contribution in [0.15, 0.2) is 30.3 Å². The summed E-state index contributed by atoms with van der Waals surface area (Å²) in [5.41, 5.74) is 0. The molecule has 0 fully saturated rings. The third kappa shape index (κ3) is 5.30. The molecule has 0 aliphatic rings. The van der Waals surface area contributed by atoms with Crippen LogP contribution < -0.4 is 5.30 Å². The minimum atomic E-state index is -2.09. The van der Waals surface area contributed by atoms with Gasteiger partial charge in [-0.3, -0.25) is 4.79 Å². The van der Waals surface area contributed by atoms with Crippen molar-refractivity contribution in [2.24, 2.45) is 0 Å². The molecule has 0 saturated heterocycles. The van der Waals surface area contributed by atoms with Crippen LogP contribution in [0.4, 0.5) is 0 Å². The molecule has 0 heterocycles. The van der Waals surface area contributed by atoms with E-state index in [-0.39, 0.29) is 17.4 Å². The van der Waals surface area contributed by atoms with Gasteiger partial charge in [-0.15, -0.1) is 0 Å². The van der Waals surface area contributed by atoms with Crippen LogP contribution in [0.5, 0.6) is 0 Å². The molecule has 22 heavy (non-hydrogen) atoms. The molecule has 0 aliphatic heterocycles. The second-order valence-electron chi connectivity index (χ2n) is 7.02. The Labute approximate surface area is 140 Å². The minimum Gasteiger partial charge on any atom is -0.460 e. The topological polar surface area (TPSA) is 35.5 Å². The Morgan fingerprint density at radius 3 is 2.18 bits per heavy atom. The van der Waals surface area contributed by atoms with Gasteiger partial charge in [0.1, 0.15) is 6.35 Å². The summed E-state index contributed by atoms with van der Waals surface area (Å²) in [5, 5.41) is 1.19. The molecule has 1 atom stereocenters. The molecule has 3 nitrogen and oxygen atoms in total. The third-order valence-corrected chi connectivity index (χ3v) is 12.5. The van der Waals surface area contributed by atoms with E-state index in [4.69, 9.17) is 21.0 Å². The number of hydrogen-bond donors (Lipinski definition) is 0. The first kappa shape index (κ1) is 19.6. The monoisotopic (exact) mass is 358 g/mol. The van der Waals surface area contributed by atoms with Crippen molar-refractivity contribution in [2.75, 3.05) is 12.7 Å². The molecule has 124 valence electrons. The van der Waals surface area contributed by atoms with Gasteiger partial charge in [0.15, 0.2) is 8.32 Å². The Morgan fingerprint density at radius 2 is 1.73 bits per heavy atom. The molecule has 0 spiro atoms. The standard InChI is InChI=1S/C16H27O3PSSi/c1-14(17)18-12-20(21,15-10-8-7-9-11-15)13-19-22(5,6)16(2,3)4/h7-11H,12-13H2,1-6H3.